The Labute approximate surface area is 105 Å². The molecule has 2 aliphatic rings. The van der Waals surface area contributed by atoms with Crippen LogP contribution in [0.5, 0.6) is 0 Å². The number of nitrogens with zero attached hydrogens (tertiary/aromatic N) is 4. The van der Waals surface area contributed by atoms with Crippen LogP contribution in [-0.2, 0) is 0 Å². The molecule has 2 aromatic rings. The molecule has 0 atom stereocenters. The predicted molar refractivity (Wildman–Crippen MR) is 67.6 cm³/mol. The van der Waals surface area contributed by atoms with E-state index in [0.29, 0.717) is 19.0 Å². The van der Waals surface area contributed by atoms with Gasteiger partial charge in [0.25, 0.3) is 0 Å². The Morgan fingerprint density at radius 1 is 1.39 bits per heavy atom. The molecule has 1 N–H and O–H groups in total. The number of hydrogen-bond acceptors (Lipinski definition) is 4. The second-order valence-corrected chi connectivity index (χ2v) is 5.60. The lowest BCUT2D eigenvalue weighted by atomic mass is 9.89. The Hall–Kier alpha value is -1.62. The van der Waals surface area contributed by atoms with E-state index in [1.54, 1.807) is 6.20 Å². The molecule has 2 aromatic heterocycles. The van der Waals surface area contributed by atoms with Gasteiger partial charge in [0.2, 0.25) is 0 Å². The Bertz CT molecular complexity index is 610. The molecule has 2 fully saturated rings. The van der Waals surface area contributed by atoms with Gasteiger partial charge in [0.15, 0.2) is 5.82 Å². The van der Waals surface area contributed by atoms with Gasteiger partial charge in [-0.2, -0.15) is 5.10 Å². The zero-order valence-corrected chi connectivity index (χ0v) is 10.4. The molecule has 0 unspecified atom stereocenters. The molecule has 4 rings (SSSR count). The molecule has 1 aliphatic carbocycles. The lowest BCUT2D eigenvalue weighted by Crippen LogP contribution is -2.63. The van der Waals surface area contributed by atoms with Crippen LogP contribution in [0.3, 0.4) is 0 Å². The SMILES string of the molecule is Cc1cc2c(N3CC(O)(C4CC4)C3)nccn2n1. The molecule has 0 radical (unpaired) electrons. The summed E-state index contributed by atoms with van der Waals surface area (Å²) in [4.78, 5) is 6.59. The summed E-state index contributed by atoms with van der Waals surface area (Å²) in [5, 5.41) is 14.8. The van der Waals surface area contributed by atoms with Gasteiger partial charge in [0.1, 0.15) is 11.1 Å². The third kappa shape index (κ3) is 1.37. The van der Waals surface area contributed by atoms with Gasteiger partial charge >= 0.3 is 0 Å². The molecule has 1 saturated carbocycles. The molecular formula is C13H16N4O. The summed E-state index contributed by atoms with van der Waals surface area (Å²) in [6.07, 6.45) is 5.98. The Morgan fingerprint density at radius 3 is 2.89 bits per heavy atom. The van der Waals surface area contributed by atoms with E-state index < -0.39 is 5.60 Å². The summed E-state index contributed by atoms with van der Waals surface area (Å²) < 4.78 is 1.85. The minimum Gasteiger partial charge on any atom is -0.386 e. The Kier molecular flexibility index (Phi) is 1.85. The fourth-order valence-corrected chi connectivity index (χ4v) is 2.92. The van der Waals surface area contributed by atoms with Crippen molar-refractivity contribution in [3.63, 3.8) is 0 Å². The fourth-order valence-electron chi connectivity index (χ4n) is 2.92. The Balaban J connectivity index is 1.67. The molecule has 18 heavy (non-hydrogen) atoms. The van der Waals surface area contributed by atoms with Crippen molar-refractivity contribution >= 4 is 11.3 Å². The van der Waals surface area contributed by atoms with Crippen LogP contribution in [0.4, 0.5) is 5.82 Å². The molecule has 94 valence electrons. The molecule has 1 saturated heterocycles. The highest BCUT2D eigenvalue weighted by atomic mass is 16.3. The zero-order chi connectivity index (χ0) is 12.3. The fraction of sp³-hybridized carbons (Fsp3) is 0.538. The predicted octanol–water partition coefficient (Wildman–Crippen LogP) is 0.999. The highest BCUT2D eigenvalue weighted by Crippen LogP contribution is 2.45. The number of aliphatic hydroxyl groups is 1. The second kappa shape index (κ2) is 3.23. The van der Waals surface area contributed by atoms with E-state index in [1.165, 1.54) is 12.8 Å². The first-order chi connectivity index (χ1) is 8.66. The van der Waals surface area contributed by atoms with Crippen LogP contribution in [-0.4, -0.2) is 38.4 Å². The van der Waals surface area contributed by atoms with Gasteiger partial charge in [-0.3, -0.25) is 0 Å². The number of fused-ring (bicyclic) bond motifs is 1. The molecule has 1 aliphatic heterocycles. The molecule has 0 amide bonds. The zero-order valence-electron chi connectivity index (χ0n) is 10.4. The van der Waals surface area contributed by atoms with Crippen molar-refractivity contribution in [2.45, 2.75) is 25.4 Å². The maximum absolute atomic E-state index is 10.4. The number of aryl methyl sites for hydroxylation is 1. The molecule has 0 spiro atoms. The minimum atomic E-state index is -0.469. The van der Waals surface area contributed by atoms with Crippen LogP contribution < -0.4 is 4.90 Å². The first kappa shape index (κ1) is 10.3. The largest absolute Gasteiger partial charge is 0.386 e. The number of hydrogen-bond donors (Lipinski definition) is 1. The van der Waals surface area contributed by atoms with Crippen LogP contribution in [0.1, 0.15) is 18.5 Å². The van der Waals surface area contributed by atoms with E-state index in [2.05, 4.69) is 15.0 Å². The third-order valence-electron chi connectivity index (χ3n) is 4.06. The van der Waals surface area contributed by atoms with Gasteiger partial charge in [0.05, 0.1) is 18.8 Å². The lowest BCUT2D eigenvalue weighted by molar-refractivity contribution is -0.00961. The van der Waals surface area contributed by atoms with E-state index in [9.17, 15) is 5.11 Å². The van der Waals surface area contributed by atoms with E-state index >= 15 is 0 Å². The lowest BCUT2D eigenvalue weighted by Gasteiger charge is -2.47. The molecule has 5 heteroatoms. The summed E-state index contributed by atoms with van der Waals surface area (Å²) in [5.41, 5.74) is 1.54. The molecule has 0 aromatic carbocycles. The van der Waals surface area contributed by atoms with Crippen molar-refractivity contribution in [2.75, 3.05) is 18.0 Å². The molecule has 5 nitrogen and oxygen atoms in total. The van der Waals surface area contributed by atoms with Crippen molar-refractivity contribution in [1.82, 2.24) is 14.6 Å². The average molecular weight is 244 g/mol. The van der Waals surface area contributed by atoms with Crippen LogP contribution in [0.25, 0.3) is 5.52 Å². The maximum Gasteiger partial charge on any atom is 0.154 e. The van der Waals surface area contributed by atoms with Crippen LogP contribution in [0.2, 0.25) is 0 Å². The number of β-amino-alcohol motifs (C(OH)–C–C–N with tert-alkyl or cyclic N) is 1. The van der Waals surface area contributed by atoms with Gasteiger partial charge in [-0.15, -0.1) is 0 Å². The molecule has 3 heterocycles. The maximum atomic E-state index is 10.4. The van der Waals surface area contributed by atoms with Crippen molar-refractivity contribution < 1.29 is 5.11 Å². The van der Waals surface area contributed by atoms with E-state index in [0.717, 1.165) is 17.0 Å². The van der Waals surface area contributed by atoms with Crippen molar-refractivity contribution in [3.05, 3.63) is 24.2 Å². The smallest absolute Gasteiger partial charge is 0.154 e. The standard InChI is InChI=1S/C13H16N4O/c1-9-6-11-12(14-4-5-17(11)15-9)16-7-13(18,8-16)10-2-3-10/h4-6,10,18H,2-3,7-8H2,1H3. The number of rotatable bonds is 2. The van der Waals surface area contributed by atoms with Gasteiger partial charge in [-0.05, 0) is 31.7 Å². The third-order valence-corrected chi connectivity index (χ3v) is 4.06. The first-order valence-electron chi connectivity index (χ1n) is 6.44. The average Bonchev–Trinajstić information content (AvgIpc) is 3.06. The Morgan fingerprint density at radius 2 is 2.17 bits per heavy atom. The first-order valence-corrected chi connectivity index (χ1v) is 6.44. The highest BCUT2D eigenvalue weighted by Gasteiger charge is 2.52. The molecule has 0 bridgehead atoms. The van der Waals surface area contributed by atoms with E-state index in [1.807, 2.05) is 23.7 Å². The normalized spacial score (nSPS) is 22.2. The summed E-state index contributed by atoms with van der Waals surface area (Å²) >= 11 is 0. The monoisotopic (exact) mass is 244 g/mol. The van der Waals surface area contributed by atoms with Crippen LogP contribution in [0.15, 0.2) is 18.5 Å². The van der Waals surface area contributed by atoms with Gasteiger partial charge in [-0.1, -0.05) is 0 Å². The molecular weight excluding hydrogens is 228 g/mol. The topological polar surface area (TPSA) is 53.7 Å². The van der Waals surface area contributed by atoms with Gasteiger partial charge in [-0.25, -0.2) is 9.50 Å². The quantitative estimate of drug-likeness (QED) is 0.856. The second-order valence-electron chi connectivity index (χ2n) is 5.60. The summed E-state index contributed by atoms with van der Waals surface area (Å²) in [6, 6.07) is 2.04. The van der Waals surface area contributed by atoms with Crippen molar-refractivity contribution in [3.8, 4) is 0 Å². The number of anilines is 1. The van der Waals surface area contributed by atoms with Crippen LogP contribution >= 0.6 is 0 Å². The van der Waals surface area contributed by atoms with Gasteiger partial charge < -0.3 is 10.0 Å². The highest BCUT2D eigenvalue weighted by molar-refractivity contribution is 5.70. The summed E-state index contributed by atoms with van der Waals surface area (Å²) in [6.45, 7) is 3.39. The summed E-state index contributed by atoms with van der Waals surface area (Å²) in [5.74, 6) is 1.45. The van der Waals surface area contributed by atoms with E-state index in [4.69, 9.17) is 0 Å². The summed E-state index contributed by atoms with van der Waals surface area (Å²) in [7, 11) is 0. The number of aromatic nitrogens is 3. The van der Waals surface area contributed by atoms with Crippen molar-refractivity contribution in [1.29, 1.82) is 0 Å². The van der Waals surface area contributed by atoms with E-state index in [-0.39, 0.29) is 0 Å². The minimum absolute atomic E-state index is 0.469. The van der Waals surface area contributed by atoms with Crippen LogP contribution in [0, 0.1) is 12.8 Å². The van der Waals surface area contributed by atoms with Crippen molar-refractivity contribution in [2.24, 2.45) is 5.92 Å². The van der Waals surface area contributed by atoms with Gasteiger partial charge in [0, 0.05) is 12.4 Å².